The second kappa shape index (κ2) is 4.38. The molecule has 1 aliphatic heterocycles. The molecule has 0 spiro atoms. The van der Waals surface area contributed by atoms with E-state index < -0.39 is 0 Å². The number of nitrogens with zero attached hydrogens (tertiary/aromatic N) is 4. The number of anilines is 1. The lowest BCUT2D eigenvalue weighted by Gasteiger charge is -2.32. The zero-order valence-corrected chi connectivity index (χ0v) is 10.3. The van der Waals surface area contributed by atoms with E-state index in [2.05, 4.69) is 31.8 Å². The molecule has 0 unspecified atom stereocenters. The molecule has 6 heteroatoms. The Hall–Kier alpha value is -1.95. The van der Waals surface area contributed by atoms with Crippen molar-refractivity contribution in [1.82, 2.24) is 19.9 Å². The Balaban J connectivity index is 2.00. The minimum Gasteiger partial charge on any atom is -0.340 e. The van der Waals surface area contributed by atoms with Crippen molar-refractivity contribution in [2.45, 2.75) is 0 Å². The molecule has 0 atom stereocenters. The number of hydrogen-bond donors (Lipinski definition) is 1. The van der Waals surface area contributed by atoms with Gasteiger partial charge in [-0.05, 0) is 19.2 Å². The summed E-state index contributed by atoms with van der Waals surface area (Å²) in [6, 6.07) is 3.61. The van der Waals surface area contributed by atoms with Crippen LogP contribution >= 0.6 is 0 Å². The molecule has 1 fully saturated rings. The molecule has 0 aliphatic carbocycles. The summed E-state index contributed by atoms with van der Waals surface area (Å²) in [6.07, 6.45) is 1.61. The molecule has 1 saturated heterocycles. The van der Waals surface area contributed by atoms with Crippen molar-refractivity contribution < 1.29 is 0 Å². The largest absolute Gasteiger partial charge is 0.340 e. The van der Waals surface area contributed by atoms with Gasteiger partial charge in [-0.2, -0.15) is 0 Å². The van der Waals surface area contributed by atoms with E-state index >= 15 is 0 Å². The molecular formula is C12H15N5O. The molecule has 0 amide bonds. The van der Waals surface area contributed by atoms with E-state index in [9.17, 15) is 4.79 Å². The van der Waals surface area contributed by atoms with E-state index in [0.29, 0.717) is 17.0 Å². The Morgan fingerprint density at radius 1 is 1.28 bits per heavy atom. The van der Waals surface area contributed by atoms with Gasteiger partial charge in [-0.25, -0.2) is 9.97 Å². The van der Waals surface area contributed by atoms with Gasteiger partial charge in [0.15, 0.2) is 5.52 Å². The molecule has 6 nitrogen and oxygen atoms in total. The molecule has 0 aromatic carbocycles. The number of fused-ring (bicyclic) bond motifs is 1. The SMILES string of the molecule is CN1CCN(c2nc3cccnc3c(=O)[nH]2)CC1. The summed E-state index contributed by atoms with van der Waals surface area (Å²) in [4.78, 5) is 27.6. The number of pyridine rings is 1. The second-order valence-electron chi connectivity index (χ2n) is 4.55. The zero-order chi connectivity index (χ0) is 12.5. The number of nitrogens with one attached hydrogen (secondary N) is 1. The summed E-state index contributed by atoms with van der Waals surface area (Å²) in [6.45, 7) is 3.72. The van der Waals surface area contributed by atoms with Gasteiger partial charge < -0.3 is 9.80 Å². The van der Waals surface area contributed by atoms with Crippen LogP contribution in [0.4, 0.5) is 5.95 Å². The van der Waals surface area contributed by atoms with Crippen LogP contribution < -0.4 is 10.5 Å². The first kappa shape index (κ1) is 11.2. The lowest BCUT2D eigenvalue weighted by molar-refractivity contribution is 0.311. The Morgan fingerprint density at radius 3 is 2.83 bits per heavy atom. The molecule has 18 heavy (non-hydrogen) atoms. The van der Waals surface area contributed by atoms with E-state index in [1.165, 1.54) is 0 Å². The number of piperazine rings is 1. The van der Waals surface area contributed by atoms with Crippen LogP contribution in [0.25, 0.3) is 11.0 Å². The highest BCUT2D eigenvalue weighted by Crippen LogP contribution is 2.11. The molecule has 94 valence electrons. The topological polar surface area (TPSA) is 65.1 Å². The molecule has 0 bridgehead atoms. The van der Waals surface area contributed by atoms with Crippen LogP contribution in [-0.2, 0) is 0 Å². The average Bonchev–Trinajstić information content (AvgIpc) is 2.39. The van der Waals surface area contributed by atoms with E-state index in [1.54, 1.807) is 12.3 Å². The van der Waals surface area contributed by atoms with Crippen LogP contribution in [0.5, 0.6) is 0 Å². The number of likely N-dealkylation sites (N-methyl/N-ethyl adjacent to an activating group) is 1. The second-order valence-corrected chi connectivity index (χ2v) is 4.55. The Bertz CT molecular complexity index is 615. The Morgan fingerprint density at radius 2 is 2.06 bits per heavy atom. The predicted octanol–water partition coefficient (Wildman–Crippen LogP) is 0.0699. The zero-order valence-electron chi connectivity index (χ0n) is 10.3. The standard InChI is InChI=1S/C12H15N5O/c1-16-5-7-17(8-6-16)12-14-9-3-2-4-13-10(9)11(18)15-12/h2-4H,5-8H2,1H3,(H,14,15,18). The fourth-order valence-electron chi connectivity index (χ4n) is 2.13. The third-order valence-corrected chi connectivity index (χ3v) is 3.26. The van der Waals surface area contributed by atoms with Crippen molar-refractivity contribution in [2.75, 3.05) is 38.1 Å². The average molecular weight is 245 g/mol. The molecule has 3 rings (SSSR count). The number of rotatable bonds is 1. The van der Waals surface area contributed by atoms with Gasteiger partial charge in [0.25, 0.3) is 5.56 Å². The maximum Gasteiger partial charge on any atom is 0.278 e. The maximum absolute atomic E-state index is 11.9. The molecule has 3 heterocycles. The van der Waals surface area contributed by atoms with Crippen molar-refractivity contribution in [2.24, 2.45) is 0 Å². The van der Waals surface area contributed by atoms with E-state index in [-0.39, 0.29) is 5.56 Å². The van der Waals surface area contributed by atoms with Crippen LogP contribution in [0, 0.1) is 0 Å². The molecule has 0 saturated carbocycles. The summed E-state index contributed by atoms with van der Waals surface area (Å²) in [5.74, 6) is 0.647. The van der Waals surface area contributed by atoms with Gasteiger partial charge in [0.1, 0.15) is 0 Å². The van der Waals surface area contributed by atoms with Gasteiger partial charge in [0.05, 0.1) is 5.52 Å². The number of hydrogen-bond acceptors (Lipinski definition) is 5. The van der Waals surface area contributed by atoms with Crippen LogP contribution in [0.2, 0.25) is 0 Å². The Kier molecular flexibility index (Phi) is 2.71. The van der Waals surface area contributed by atoms with Crippen LogP contribution in [0.15, 0.2) is 23.1 Å². The first-order valence-corrected chi connectivity index (χ1v) is 6.02. The van der Waals surface area contributed by atoms with Gasteiger partial charge in [-0.3, -0.25) is 9.78 Å². The molecule has 2 aromatic rings. The van der Waals surface area contributed by atoms with Crippen LogP contribution in [-0.4, -0.2) is 53.1 Å². The number of aromatic nitrogens is 3. The van der Waals surface area contributed by atoms with E-state index in [4.69, 9.17) is 0 Å². The third-order valence-electron chi connectivity index (χ3n) is 3.26. The van der Waals surface area contributed by atoms with Gasteiger partial charge in [-0.1, -0.05) is 0 Å². The molecule has 2 aromatic heterocycles. The van der Waals surface area contributed by atoms with Crippen molar-refractivity contribution in [1.29, 1.82) is 0 Å². The molecule has 1 aliphatic rings. The molecule has 0 radical (unpaired) electrons. The van der Waals surface area contributed by atoms with Crippen molar-refractivity contribution >= 4 is 17.0 Å². The highest BCUT2D eigenvalue weighted by Gasteiger charge is 2.17. The fraction of sp³-hybridized carbons (Fsp3) is 0.417. The van der Waals surface area contributed by atoms with Gasteiger partial charge in [0, 0.05) is 32.4 Å². The maximum atomic E-state index is 11.9. The van der Waals surface area contributed by atoms with Crippen LogP contribution in [0.1, 0.15) is 0 Å². The quantitative estimate of drug-likeness (QED) is 0.770. The lowest BCUT2D eigenvalue weighted by Crippen LogP contribution is -2.45. The highest BCUT2D eigenvalue weighted by atomic mass is 16.1. The summed E-state index contributed by atoms with van der Waals surface area (Å²) in [5, 5.41) is 0. The number of H-pyrrole nitrogens is 1. The van der Waals surface area contributed by atoms with E-state index in [1.807, 2.05) is 6.07 Å². The monoisotopic (exact) mass is 245 g/mol. The van der Waals surface area contributed by atoms with Crippen molar-refractivity contribution in [3.8, 4) is 0 Å². The predicted molar refractivity (Wildman–Crippen MR) is 69.9 cm³/mol. The van der Waals surface area contributed by atoms with Crippen molar-refractivity contribution in [3.05, 3.63) is 28.7 Å². The highest BCUT2D eigenvalue weighted by molar-refractivity contribution is 5.73. The normalized spacial score (nSPS) is 17.3. The minimum atomic E-state index is -0.172. The van der Waals surface area contributed by atoms with Crippen molar-refractivity contribution in [3.63, 3.8) is 0 Å². The van der Waals surface area contributed by atoms with E-state index in [0.717, 1.165) is 26.2 Å². The number of aromatic amines is 1. The third kappa shape index (κ3) is 1.95. The lowest BCUT2D eigenvalue weighted by atomic mass is 10.3. The first-order valence-electron chi connectivity index (χ1n) is 6.02. The van der Waals surface area contributed by atoms with Gasteiger partial charge in [0.2, 0.25) is 5.95 Å². The van der Waals surface area contributed by atoms with Crippen LogP contribution in [0.3, 0.4) is 0 Å². The van der Waals surface area contributed by atoms with Gasteiger partial charge >= 0.3 is 0 Å². The smallest absolute Gasteiger partial charge is 0.278 e. The molecule has 1 N–H and O–H groups in total. The van der Waals surface area contributed by atoms with Gasteiger partial charge in [-0.15, -0.1) is 0 Å². The first-order chi connectivity index (χ1) is 8.74. The minimum absolute atomic E-state index is 0.172. The molecular weight excluding hydrogens is 230 g/mol. The summed E-state index contributed by atoms with van der Waals surface area (Å²) < 4.78 is 0. The summed E-state index contributed by atoms with van der Waals surface area (Å²) in [7, 11) is 2.10. The summed E-state index contributed by atoms with van der Waals surface area (Å²) >= 11 is 0. The fourth-order valence-corrected chi connectivity index (χ4v) is 2.13. The summed E-state index contributed by atoms with van der Waals surface area (Å²) in [5.41, 5.74) is 0.875. The Labute approximate surface area is 104 Å².